The molecule has 174 valence electrons. The highest BCUT2D eigenvalue weighted by molar-refractivity contribution is 5.73. The zero-order chi connectivity index (χ0) is 23.3. The second-order valence-corrected chi connectivity index (χ2v) is 8.60. The van der Waals surface area contributed by atoms with Gasteiger partial charge in [-0.15, -0.1) is 0 Å². The SMILES string of the molecule is COc1c(OCC(C)(C)O)ncnc1N1CC[C@@H](Oc2ccc([C@H](C)NC(C)=O)cc2)C1. The first-order chi connectivity index (χ1) is 15.2. The molecule has 2 heterocycles. The molecule has 1 aliphatic heterocycles. The topological polar surface area (TPSA) is 106 Å². The Morgan fingerprint density at radius 1 is 1.31 bits per heavy atom. The van der Waals surface area contributed by atoms with Gasteiger partial charge in [0.05, 0.1) is 25.3 Å². The lowest BCUT2D eigenvalue weighted by Gasteiger charge is -2.22. The number of ether oxygens (including phenoxy) is 3. The summed E-state index contributed by atoms with van der Waals surface area (Å²) in [6, 6.07) is 7.71. The monoisotopic (exact) mass is 444 g/mol. The maximum absolute atomic E-state index is 11.2. The summed E-state index contributed by atoms with van der Waals surface area (Å²) in [4.78, 5) is 21.9. The van der Waals surface area contributed by atoms with E-state index in [-0.39, 0.29) is 24.7 Å². The number of hydrogen-bond donors (Lipinski definition) is 2. The predicted octanol–water partition coefficient (Wildman–Crippen LogP) is 2.49. The molecule has 0 bridgehead atoms. The van der Waals surface area contributed by atoms with Crippen LogP contribution in [-0.2, 0) is 4.79 Å². The molecule has 0 radical (unpaired) electrons. The van der Waals surface area contributed by atoms with Gasteiger partial charge < -0.3 is 29.5 Å². The van der Waals surface area contributed by atoms with Gasteiger partial charge in [0.25, 0.3) is 5.88 Å². The smallest absolute Gasteiger partial charge is 0.262 e. The summed E-state index contributed by atoms with van der Waals surface area (Å²) in [5, 5.41) is 12.8. The highest BCUT2D eigenvalue weighted by atomic mass is 16.5. The molecule has 0 spiro atoms. The number of aromatic nitrogens is 2. The Bertz CT molecular complexity index is 914. The Balaban J connectivity index is 1.63. The second kappa shape index (κ2) is 10.0. The van der Waals surface area contributed by atoms with E-state index in [1.807, 2.05) is 31.2 Å². The predicted molar refractivity (Wildman–Crippen MR) is 120 cm³/mol. The Morgan fingerprint density at radius 2 is 2.03 bits per heavy atom. The first kappa shape index (κ1) is 23.6. The molecular formula is C23H32N4O5. The maximum Gasteiger partial charge on any atom is 0.262 e. The van der Waals surface area contributed by atoms with E-state index in [1.54, 1.807) is 21.0 Å². The summed E-state index contributed by atoms with van der Waals surface area (Å²) < 4.78 is 17.3. The van der Waals surface area contributed by atoms with Crippen molar-refractivity contribution in [3.05, 3.63) is 36.2 Å². The fourth-order valence-corrected chi connectivity index (χ4v) is 3.53. The minimum Gasteiger partial charge on any atom is -0.489 e. The van der Waals surface area contributed by atoms with Crippen LogP contribution in [-0.4, -0.2) is 59.5 Å². The van der Waals surface area contributed by atoms with Crippen molar-refractivity contribution in [3.63, 3.8) is 0 Å². The van der Waals surface area contributed by atoms with Crippen molar-refractivity contribution in [1.82, 2.24) is 15.3 Å². The molecule has 1 amide bonds. The molecule has 3 rings (SSSR count). The largest absolute Gasteiger partial charge is 0.489 e. The molecule has 9 heteroatoms. The molecule has 1 aliphatic rings. The zero-order valence-corrected chi connectivity index (χ0v) is 19.3. The van der Waals surface area contributed by atoms with E-state index < -0.39 is 5.60 Å². The van der Waals surface area contributed by atoms with Crippen LogP contribution in [0.2, 0.25) is 0 Å². The van der Waals surface area contributed by atoms with Crippen LogP contribution in [0.4, 0.5) is 5.82 Å². The second-order valence-electron chi connectivity index (χ2n) is 8.60. The third kappa shape index (κ3) is 6.23. The normalized spacial score (nSPS) is 17.1. The maximum atomic E-state index is 11.2. The van der Waals surface area contributed by atoms with Gasteiger partial charge >= 0.3 is 0 Å². The van der Waals surface area contributed by atoms with Crippen LogP contribution in [0.5, 0.6) is 17.4 Å². The Labute approximate surface area is 188 Å². The molecule has 9 nitrogen and oxygen atoms in total. The summed E-state index contributed by atoms with van der Waals surface area (Å²) in [5.74, 6) is 2.09. The number of nitrogens with one attached hydrogen (secondary N) is 1. The molecule has 1 aromatic carbocycles. The van der Waals surface area contributed by atoms with Crippen LogP contribution >= 0.6 is 0 Å². The number of methoxy groups -OCH3 is 1. The minimum absolute atomic E-state index is 0.00553. The van der Waals surface area contributed by atoms with Crippen LogP contribution in [0, 0.1) is 0 Å². The van der Waals surface area contributed by atoms with Gasteiger partial charge in [-0.25, -0.2) is 4.98 Å². The van der Waals surface area contributed by atoms with E-state index in [1.165, 1.54) is 13.3 Å². The number of hydrogen-bond acceptors (Lipinski definition) is 8. The fraction of sp³-hybridized carbons (Fsp3) is 0.522. The highest BCUT2D eigenvalue weighted by Crippen LogP contribution is 2.36. The molecule has 0 unspecified atom stereocenters. The number of benzene rings is 1. The molecule has 2 aromatic rings. The third-order valence-corrected chi connectivity index (χ3v) is 5.07. The first-order valence-electron chi connectivity index (χ1n) is 10.7. The zero-order valence-electron chi connectivity index (χ0n) is 19.3. The number of rotatable bonds is 9. The van der Waals surface area contributed by atoms with Crippen molar-refractivity contribution < 1.29 is 24.1 Å². The lowest BCUT2D eigenvalue weighted by atomic mass is 10.1. The quantitative estimate of drug-likeness (QED) is 0.608. The van der Waals surface area contributed by atoms with Crippen LogP contribution in [0.25, 0.3) is 0 Å². The third-order valence-electron chi connectivity index (χ3n) is 5.07. The first-order valence-corrected chi connectivity index (χ1v) is 10.7. The summed E-state index contributed by atoms with van der Waals surface area (Å²) in [6.07, 6.45) is 2.26. The van der Waals surface area contributed by atoms with Crippen molar-refractivity contribution in [2.24, 2.45) is 0 Å². The highest BCUT2D eigenvalue weighted by Gasteiger charge is 2.29. The average molecular weight is 445 g/mol. The minimum atomic E-state index is -0.988. The molecule has 1 saturated heterocycles. The number of anilines is 1. The van der Waals surface area contributed by atoms with Crippen molar-refractivity contribution in [3.8, 4) is 17.4 Å². The molecule has 1 aromatic heterocycles. The molecule has 2 N–H and O–H groups in total. The van der Waals surface area contributed by atoms with E-state index in [0.717, 1.165) is 24.3 Å². The number of carbonyl (C=O) groups is 1. The lowest BCUT2D eigenvalue weighted by Crippen LogP contribution is -2.29. The van der Waals surface area contributed by atoms with Gasteiger partial charge in [-0.05, 0) is 38.5 Å². The summed E-state index contributed by atoms with van der Waals surface area (Å²) in [5.41, 5.74) is 0.0305. The standard InChI is InChI=1S/C23H32N4O5/c1-15(26-16(2)28)17-6-8-18(9-7-17)32-19-10-11-27(12-19)21-20(30-5)22(25-14-24-21)31-13-23(3,4)29/h6-9,14-15,19,29H,10-13H2,1-5H3,(H,26,28)/t15-,19+/m0/s1. The molecule has 1 fully saturated rings. The van der Waals surface area contributed by atoms with E-state index in [9.17, 15) is 9.90 Å². The Morgan fingerprint density at radius 3 is 2.66 bits per heavy atom. The van der Waals surface area contributed by atoms with Crippen LogP contribution in [0.1, 0.15) is 45.7 Å². The number of carbonyl (C=O) groups excluding carboxylic acids is 1. The average Bonchev–Trinajstić information content (AvgIpc) is 3.19. The summed E-state index contributed by atoms with van der Waals surface area (Å²) >= 11 is 0. The van der Waals surface area contributed by atoms with E-state index in [0.29, 0.717) is 24.0 Å². The van der Waals surface area contributed by atoms with Crippen molar-refractivity contribution in [2.75, 3.05) is 31.7 Å². The van der Waals surface area contributed by atoms with Gasteiger partial charge in [-0.2, -0.15) is 4.98 Å². The van der Waals surface area contributed by atoms with Crippen molar-refractivity contribution in [2.45, 2.75) is 51.9 Å². The Hall–Kier alpha value is -3.07. The van der Waals surface area contributed by atoms with Crippen molar-refractivity contribution in [1.29, 1.82) is 0 Å². The van der Waals surface area contributed by atoms with Crippen LogP contribution < -0.4 is 24.4 Å². The van der Waals surface area contributed by atoms with Gasteiger partial charge in [-0.3, -0.25) is 4.79 Å². The van der Waals surface area contributed by atoms with Gasteiger partial charge in [0.15, 0.2) is 5.82 Å². The molecule has 32 heavy (non-hydrogen) atoms. The summed E-state index contributed by atoms with van der Waals surface area (Å²) in [6.45, 7) is 8.26. The lowest BCUT2D eigenvalue weighted by molar-refractivity contribution is -0.119. The summed E-state index contributed by atoms with van der Waals surface area (Å²) in [7, 11) is 1.55. The number of nitrogens with zero attached hydrogens (tertiary/aromatic N) is 3. The molecule has 0 saturated carbocycles. The Kier molecular flexibility index (Phi) is 7.40. The fourth-order valence-electron chi connectivity index (χ4n) is 3.53. The van der Waals surface area contributed by atoms with E-state index >= 15 is 0 Å². The van der Waals surface area contributed by atoms with Crippen molar-refractivity contribution >= 4 is 11.7 Å². The number of aliphatic hydroxyl groups is 1. The van der Waals surface area contributed by atoms with Gasteiger partial charge in [0.1, 0.15) is 24.8 Å². The van der Waals surface area contributed by atoms with E-state index in [4.69, 9.17) is 14.2 Å². The van der Waals surface area contributed by atoms with Gasteiger partial charge in [-0.1, -0.05) is 12.1 Å². The van der Waals surface area contributed by atoms with Gasteiger partial charge in [0, 0.05) is 19.9 Å². The van der Waals surface area contributed by atoms with E-state index in [2.05, 4.69) is 20.2 Å². The van der Waals surface area contributed by atoms with Crippen LogP contribution in [0.15, 0.2) is 30.6 Å². The van der Waals surface area contributed by atoms with Crippen LogP contribution in [0.3, 0.4) is 0 Å². The molecule has 2 atom stereocenters. The molecular weight excluding hydrogens is 412 g/mol. The van der Waals surface area contributed by atoms with Gasteiger partial charge in [0.2, 0.25) is 11.7 Å². The number of amides is 1. The molecule has 0 aliphatic carbocycles.